The fourth-order valence-corrected chi connectivity index (χ4v) is 4.65. The van der Waals surface area contributed by atoms with Crippen LogP contribution in [0.3, 0.4) is 0 Å². The Morgan fingerprint density at radius 1 is 1.10 bits per heavy atom. The molecule has 4 aromatic rings. The third-order valence-electron chi connectivity index (χ3n) is 6.83. The van der Waals surface area contributed by atoms with Crippen LogP contribution in [0.5, 0.6) is 5.88 Å². The van der Waals surface area contributed by atoms with Crippen LogP contribution in [0.4, 0.5) is 18.9 Å². The molecule has 0 unspecified atom stereocenters. The van der Waals surface area contributed by atoms with Crippen molar-refractivity contribution in [1.82, 2.24) is 29.7 Å². The number of hydrogen-bond acceptors (Lipinski definition) is 7. The number of aromatic nitrogens is 6. The monoisotopic (exact) mass is 537 g/mol. The Balaban J connectivity index is 1.41. The molecule has 0 saturated heterocycles. The summed E-state index contributed by atoms with van der Waals surface area (Å²) in [7, 11) is 3.54. The normalized spacial score (nSPS) is 13.7. The largest absolute Gasteiger partial charge is 0.480 e. The lowest BCUT2D eigenvalue weighted by Crippen LogP contribution is -2.18. The van der Waals surface area contributed by atoms with Crippen molar-refractivity contribution in [2.45, 2.75) is 58.3 Å². The minimum Gasteiger partial charge on any atom is -0.480 e. The maximum atomic E-state index is 13.3. The van der Waals surface area contributed by atoms with Crippen molar-refractivity contribution < 1.29 is 17.9 Å². The molecule has 39 heavy (non-hydrogen) atoms. The lowest BCUT2D eigenvalue weighted by atomic mass is 10.1. The number of hydrogen-bond donors (Lipinski definition) is 0. The van der Waals surface area contributed by atoms with Crippen molar-refractivity contribution in [2.24, 2.45) is 0 Å². The Bertz CT molecular complexity index is 1480. The van der Waals surface area contributed by atoms with E-state index in [1.165, 1.54) is 6.33 Å². The fraction of sp³-hybridized carbons (Fsp3) is 0.393. The van der Waals surface area contributed by atoms with Gasteiger partial charge in [0, 0.05) is 37.3 Å². The van der Waals surface area contributed by atoms with Crippen molar-refractivity contribution >= 4 is 5.69 Å². The zero-order valence-corrected chi connectivity index (χ0v) is 22.5. The van der Waals surface area contributed by atoms with Gasteiger partial charge >= 0.3 is 6.18 Å². The number of methoxy groups -OCH3 is 1. The Labute approximate surface area is 224 Å². The standard InChI is InChI=1S/C28H30F3N7O/c1-16(2)38-14-23(28(29,30)31)34-26(38)20-8-6-18(7-9-20)13-37(4)22-12-21(36-35-17(22)3)24-25(19-10-11-19)32-15-33-27(24)39-5/h6-9,12,14-16,19H,10-11,13H2,1-5H3. The molecular formula is C28H30F3N7O. The number of nitrogens with zero attached hydrogens (tertiary/aromatic N) is 7. The molecule has 3 heterocycles. The van der Waals surface area contributed by atoms with Gasteiger partial charge in [-0.2, -0.15) is 18.3 Å². The van der Waals surface area contributed by atoms with Gasteiger partial charge in [0.25, 0.3) is 0 Å². The van der Waals surface area contributed by atoms with E-state index in [-0.39, 0.29) is 6.04 Å². The summed E-state index contributed by atoms with van der Waals surface area (Å²) >= 11 is 0. The molecule has 0 bridgehead atoms. The van der Waals surface area contributed by atoms with E-state index in [4.69, 9.17) is 4.74 Å². The molecule has 1 fully saturated rings. The molecule has 0 radical (unpaired) electrons. The second-order valence-electron chi connectivity index (χ2n) is 10.1. The summed E-state index contributed by atoms with van der Waals surface area (Å²) in [5, 5.41) is 8.85. The molecule has 5 rings (SSSR count). The van der Waals surface area contributed by atoms with Gasteiger partial charge in [-0.25, -0.2) is 15.0 Å². The van der Waals surface area contributed by atoms with E-state index in [0.717, 1.165) is 47.2 Å². The highest BCUT2D eigenvalue weighted by atomic mass is 19.4. The number of halogens is 3. The summed E-state index contributed by atoms with van der Waals surface area (Å²) in [6.45, 7) is 6.12. The molecule has 11 heteroatoms. The van der Waals surface area contributed by atoms with E-state index in [9.17, 15) is 13.2 Å². The van der Waals surface area contributed by atoms with Gasteiger partial charge in [-0.15, -0.1) is 5.10 Å². The third kappa shape index (κ3) is 5.43. The minimum atomic E-state index is -4.50. The average molecular weight is 538 g/mol. The molecule has 3 aromatic heterocycles. The van der Waals surface area contributed by atoms with Gasteiger partial charge in [0.2, 0.25) is 5.88 Å². The van der Waals surface area contributed by atoms with E-state index >= 15 is 0 Å². The quantitative estimate of drug-likeness (QED) is 0.264. The van der Waals surface area contributed by atoms with Crippen LogP contribution in [0.2, 0.25) is 0 Å². The lowest BCUT2D eigenvalue weighted by Gasteiger charge is -2.22. The summed E-state index contributed by atoms with van der Waals surface area (Å²) in [5.74, 6) is 1.14. The number of ether oxygens (including phenoxy) is 1. The number of aryl methyl sites for hydroxylation is 1. The number of rotatable bonds is 8. The number of benzene rings is 1. The van der Waals surface area contributed by atoms with Gasteiger partial charge in [-0.3, -0.25) is 0 Å². The second kappa shape index (κ2) is 10.3. The maximum absolute atomic E-state index is 13.3. The molecule has 1 saturated carbocycles. The highest BCUT2D eigenvalue weighted by molar-refractivity contribution is 5.72. The topological polar surface area (TPSA) is 81.9 Å². The van der Waals surface area contributed by atoms with Crippen molar-refractivity contribution in [3.05, 3.63) is 65.5 Å². The smallest absolute Gasteiger partial charge is 0.434 e. The summed E-state index contributed by atoms with van der Waals surface area (Å²) in [5.41, 5.74) is 4.72. The van der Waals surface area contributed by atoms with Crippen LogP contribution in [-0.2, 0) is 12.7 Å². The van der Waals surface area contributed by atoms with Gasteiger partial charge in [-0.1, -0.05) is 24.3 Å². The van der Waals surface area contributed by atoms with Crippen molar-refractivity contribution in [2.75, 3.05) is 19.1 Å². The summed E-state index contributed by atoms with van der Waals surface area (Å²) in [4.78, 5) is 14.8. The molecule has 1 aliphatic carbocycles. The van der Waals surface area contributed by atoms with Crippen molar-refractivity contribution in [1.29, 1.82) is 0 Å². The van der Waals surface area contributed by atoms with Gasteiger partial charge in [0.05, 0.1) is 29.7 Å². The lowest BCUT2D eigenvalue weighted by molar-refractivity contribution is -0.140. The highest BCUT2D eigenvalue weighted by Crippen LogP contribution is 2.45. The Kier molecular flexibility index (Phi) is 7.00. The predicted octanol–water partition coefficient (Wildman–Crippen LogP) is 6.23. The number of alkyl halides is 3. The Hall–Kier alpha value is -4.02. The van der Waals surface area contributed by atoms with Gasteiger partial charge in [-0.05, 0) is 45.2 Å². The first-order valence-electron chi connectivity index (χ1n) is 12.8. The van der Waals surface area contributed by atoms with Crippen LogP contribution >= 0.6 is 0 Å². The van der Waals surface area contributed by atoms with Crippen LogP contribution in [-0.4, -0.2) is 43.9 Å². The van der Waals surface area contributed by atoms with Gasteiger partial charge in [0.15, 0.2) is 5.69 Å². The highest BCUT2D eigenvalue weighted by Gasteiger charge is 2.35. The first-order chi connectivity index (χ1) is 18.6. The molecule has 0 N–H and O–H groups in total. The predicted molar refractivity (Wildman–Crippen MR) is 141 cm³/mol. The Morgan fingerprint density at radius 2 is 1.82 bits per heavy atom. The molecule has 0 spiro atoms. The SMILES string of the molecule is COc1ncnc(C2CC2)c1-c1cc(N(C)Cc2ccc(-c3nc(C(F)(F)F)cn3C(C)C)cc2)c(C)nn1. The van der Waals surface area contributed by atoms with Gasteiger partial charge in [0.1, 0.15) is 17.8 Å². The maximum Gasteiger partial charge on any atom is 0.434 e. The summed E-state index contributed by atoms with van der Waals surface area (Å²) < 4.78 is 47.0. The molecule has 8 nitrogen and oxygen atoms in total. The first-order valence-corrected chi connectivity index (χ1v) is 12.8. The van der Waals surface area contributed by atoms with Gasteiger partial charge < -0.3 is 14.2 Å². The minimum absolute atomic E-state index is 0.167. The van der Waals surface area contributed by atoms with Crippen LogP contribution < -0.4 is 9.64 Å². The van der Waals surface area contributed by atoms with Crippen LogP contribution in [0.25, 0.3) is 22.6 Å². The fourth-order valence-electron chi connectivity index (χ4n) is 4.65. The molecule has 1 aromatic carbocycles. The molecule has 0 aliphatic heterocycles. The Morgan fingerprint density at radius 3 is 2.44 bits per heavy atom. The van der Waals surface area contributed by atoms with Crippen LogP contribution in [0.15, 0.2) is 42.9 Å². The first kappa shape index (κ1) is 26.6. The molecular weight excluding hydrogens is 507 g/mol. The van der Waals surface area contributed by atoms with Crippen molar-refractivity contribution in [3.8, 4) is 28.5 Å². The number of imidazole rings is 1. The number of anilines is 1. The third-order valence-corrected chi connectivity index (χ3v) is 6.83. The van der Waals surface area contributed by atoms with Crippen LogP contribution in [0.1, 0.15) is 61.3 Å². The molecule has 0 atom stereocenters. The zero-order chi connectivity index (χ0) is 27.9. The molecule has 1 aliphatic rings. The van der Waals surface area contributed by atoms with E-state index in [1.807, 2.05) is 58.2 Å². The molecule has 0 amide bonds. The van der Waals surface area contributed by atoms with E-state index in [0.29, 0.717) is 35.4 Å². The van der Waals surface area contributed by atoms with E-state index < -0.39 is 11.9 Å². The van der Waals surface area contributed by atoms with Crippen molar-refractivity contribution in [3.63, 3.8) is 0 Å². The average Bonchev–Trinajstić information content (AvgIpc) is 3.65. The summed E-state index contributed by atoms with van der Waals surface area (Å²) in [6.07, 6.45) is 0.238. The van der Waals surface area contributed by atoms with Crippen LogP contribution in [0, 0.1) is 6.92 Å². The zero-order valence-electron chi connectivity index (χ0n) is 22.5. The van der Waals surface area contributed by atoms with E-state index in [1.54, 1.807) is 11.7 Å². The van der Waals surface area contributed by atoms with E-state index in [2.05, 4.69) is 30.0 Å². The molecule has 204 valence electrons. The summed E-state index contributed by atoms with van der Waals surface area (Å²) in [6, 6.07) is 9.23. The second-order valence-corrected chi connectivity index (χ2v) is 10.1.